The van der Waals surface area contributed by atoms with E-state index in [1.807, 2.05) is 12.1 Å². The molecular formula is C17H26N2O2. The van der Waals surface area contributed by atoms with Crippen LogP contribution in [0.4, 0.5) is 5.69 Å². The normalized spacial score (nSPS) is 19.7. The maximum atomic E-state index is 12.1. The lowest BCUT2D eigenvalue weighted by molar-refractivity contribution is -0.118. The van der Waals surface area contributed by atoms with E-state index >= 15 is 0 Å². The highest BCUT2D eigenvalue weighted by atomic mass is 16.3. The summed E-state index contributed by atoms with van der Waals surface area (Å²) in [4.78, 5) is 14.2. The van der Waals surface area contributed by atoms with E-state index in [0.29, 0.717) is 12.5 Å². The zero-order chi connectivity index (χ0) is 15.2. The Kier molecular flexibility index (Phi) is 5.76. The van der Waals surface area contributed by atoms with Crippen LogP contribution in [0.3, 0.4) is 0 Å². The first-order valence-corrected chi connectivity index (χ1v) is 7.85. The molecule has 0 aromatic heterocycles. The number of aliphatic hydroxyl groups is 1. The van der Waals surface area contributed by atoms with Crippen molar-refractivity contribution in [3.63, 3.8) is 0 Å². The fourth-order valence-corrected chi connectivity index (χ4v) is 2.81. The van der Waals surface area contributed by atoms with Crippen LogP contribution in [0, 0.1) is 0 Å². The molecule has 1 saturated heterocycles. The molecule has 1 aromatic carbocycles. The van der Waals surface area contributed by atoms with E-state index in [2.05, 4.69) is 36.2 Å². The van der Waals surface area contributed by atoms with Gasteiger partial charge in [0.2, 0.25) is 5.91 Å². The molecule has 2 rings (SSSR count). The van der Waals surface area contributed by atoms with Crippen molar-refractivity contribution in [1.82, 2.24) is 4.90 Å². The third kappa shape index (κ3) is 4.55. The summed E-state index contributed by atoms with van der Waals surface area (Å²) >= 11 is 0. The topological polar surface area (TPSA) is 52.6 Å². The van der Waals surface area contributed by atoms with Crippen molar-refractivity contribution in [3.05, 3.63) is 29.8 Å². The highest BCUT2D eigenvalue weighted by Gasteiger charge is 2.23. The summed E-state index contributed by atoms with van der Waals surface area (Å²) in [6.07, 6.45) is 3.22. The highest BCUT2D eigenvalue weighted by Crippen LogP contribution is 2.18. The zero-order valence-electron chi connectivity index (χ0n) is 13.0. The summed E-state index contributed by atoms with van der Waals surface area (Å²) in [5.41, 5.74) is 2.10. The molecule has 1 amide bonds. The number of nitrogens with zero attached hydrogens (tertiary/aromatic N) is 1. The maximum absolute atomic E-state index is 12.1. The van der Waals surface area contributed by atoms with E-state index in [4.69, 9.17) is 0 Å². The minimum atomic E-state index is -0.00681. The standard InChI is InChI=1S/C17H26N2O2/c1-13(2)14-6-8-15(9-7-14)18-17(21)11-19-10-4-3-5-16(19)12-20/h6-9,13,16,20H,3-5,10-12H2,1-2H3,(H,18,21). The van der Waals surface area contributed by atoms with Gasteiger partial charge in [-0.2, -0.15) is 0 Å². The van der Waals surface area contributed by atoms with E-state index in [0.717, 1.165) is 31.5 Å². The number of amides is 1. The van der Waals surface area contributed by atoms with Crippen LogP contribution < -0.4 is 5.32 Å². The monoisotopic (exact) mass is 290 g/mol. The number of hydrogen-bond acceptors (Lipinski definition) is 3. The van der Waals surface area contributed by atoms with Crippen molar-refractivity contribution in [2.75, 3.05) is 25.0 Å². The van der Waals surface area contributed by atoms with Crippen LogP contribution in [0.25, 0.3) is 0 Å². The van der Waals surface area contributed by atoms with E-state index in [1.165, 1.54) is 5.56 Å². The Morgan fingerprint density at radius 3 is 2.67 bits per heavy atom. The molecule has 21 heavy (non-hydrogen) atoms. The number of piperidine rings is 1. The number of likely N-dealkylation sites (tertiary alicyclic amines) is 1. The molecular weight excluding hydrogens is 264 g/mol. The van der Waals surface area contributed by atoms with Crippen LogP contribution in [0.5, 0.6) is 0 Å². The summed E-state index contributed by atoms with van der Waals surface area (Å²) in [5, 5.41) is 12.3. The lowest BCUT2D eigenvalue weighted by Crippen LogP contribution is -2.45. The Balaban J connectivity index is 1.88. The van der Waals surface area contributed by atoms with Gasteiger partial charge in [0.25, 0.3) is 0 Å². The molecule has 1 aromatic rings. The van der Waals surface area contributed by atoms with E-state index in [1.54, 1.807) is 0 Å². The number of hydrogen-bond donors (Lipinski definition) is 2. The number of rotatable bonds is 5. The van der Waals surface area contributed by atoms with Crippen LogP contribution in [0.1, 0.15) is 44.6 Å². The van der Waals surface area contributed by atoms with Crippen LogP contribution in [-0.2, 0) is 4.79 Å². The first-order chi connectivity index (χ1) is 10.1. The quantitative estimate of drug-likeness (QED) is 0.876. The minimum absolute atomic E-state index is 0.00681. The van der Waals surface area contributed by atoms with Crippen LogP contribution in [-0.4, -0.2) is 41.7 Å². The predicted octanol–water partition coefficient (Wildman–Crippen LogP) is 2.60. The molecule has 0 bridgehead atoms. The van der Waals surface area contributed by atoms with Crippen LogP contribution >= 0.6 is 0 Å². The summed E-state index contributed by atoms with van der Waals surface area (Å²) in [5.74, 6) is 0.487. The molecule has 0 saturated carbocycles. The molecule has 0 radical (unpaired) electrons. The van der Waals surface area contributed by atoms with Gasteiger partial charge in [0, 0.05) is 11.7 Å². The largest absolute Gasteiger partial charge is 0.395 e. The molecule has 1 unspecified atom stereocenters. The minimum Gasteiger partial charge on any atom is -0.395 e. The first-order valence-electron chi connectivity index (χ1n) is 7.85. The molecule has 1 heterocycles. The number of carbonyl (C=O) groups excluding carboxylic acids is 1. The number of anilines is 1. The summed E-state index contributed by atoms with van der Waals surface area (Å²) < 4.78 is 0. The first kappa shape index (κ1) is 16.0. The van der Waals surface area contributed by atoms with Gasteiger partial charge in [-0.15, -0.1) is 0 Å². The number of aliphatic hydroxyl groups excluding tert-OH is 1. The smallest absolute Gasteiger partial charge is 0.238 e. The average molecular weight is 290 g/mol. The third-order valence-corrected chi connectivity index (χ3v) is 4.17. The molecule has 1 atom stereocenters. The second kappa shape index (κ2) is 7.57. The van der Waals surface area contributed by atoms with Crippen LogP contribution in [0.15, 0.2) is 24.3 Å². The second-order valence-corrected chi connectivity index (χ2v) is 6.13. The van der Waals surface area contributed by atoms with Crippen molar-refractivity contribution in [3.8, 4) is 0 Å². The number of benzene rings is 1. The molecule has 1 aliphatic rings. The maximum Gasteiger partial charge on any atom is 0.238 e. The van der Waals surface area contributed by atoms with Gasteiger partial charge < -0.3 is 10.4 Å². The number of nitrogens with one attached hydrogen (secondary N) is 1. The van der Waals surface area contributed by atoms with Crippen molar-refractivity contribution in [1.29, 1.82) is 0 Å². The molecule has 4 heteroatoms. The van der Waals surface area contributed by atoms with Crippen LogP contribution in [0.2, 0.25) is 0 Å². The fourth-order valence-electron chi connectivity index (χ4n) is 2.81. The Bertz CT molecular complexity index is 456. The summed E-state index contributed by atoms with van der Waals surface area (Å²) in [6, 6.07) is 8.14. The van der Waals surface area contributed by atoms with E-state index in [-0.39, 0.29) is 18.6 Å². The summed E-state index contributed by atoms with van der Waals surface area (Å²) in [6.45, 7) is 5.69. The molecule has 116 valence electrons. The Morgan fingerprint density at radius 1 is 1.33 bits per heavy atom. The van der Waals surface area contributed by atoms with E-state index < -0.39 is 0 Å². The van der Waals surface area contributed by atoms with Gasteiger partial charge in [0.15, 0.2) is 0 Å². The van der Waals surface area contributed by atoms with Gasteiger partial charge in [-0.3, -0.25) is 9.69 Å². The molecule has 1 fully saturated rings. The van der Waals surface area contributed by atoms with Gasteiger partial charge in [-0.1, -0.05) is 32.4 Å². The molecule has 0 spiro atoms. The Morgan fingerprint density at radius 2 is 2.05 bits per heavy atom. The Hall–Kier alpha value is -1.39. The second-order valence-electron chi connectivity index (χ2n) is 6.13. The van der Waals surface area contributed by atoms with Crippen molar-refractivity contribution in [2.24, 2.45) is 0 Å². The van der Waals surface area contributed by atoms with Gasteiger partial charge in [0.1, 0.15) is 0 Å². The van der Waals surface area contributed by atoms with Crippen molar-refractivity contribution in [2.45, 2.75) is 45.1 Å². The number of carbonyl (C=O) groups is 1. The van der Waals surface area contributed by atoms with E-state index in [9.17, 15) is 9.90 Å². The highest BCUT2D eigenvalue weighted by molar-refractivity contribution is 5.92. The van der Waals surface area contributed by atoms with Gasteiger partial charge in [-0.25, -0.2) is 0 Å². The average Bonchev–Trinajstić information content (AvgIpc) is 2.48. The molecule has 4 nitrogen and oxygen atoms in total. The molecule has 1 aliphatic heterocycles. The zero-order valence-corrected chi connectivity index (χ0v) is 13.0. The van der Waals surface area contributed by atoms with Gasteiger partial charge in [-0.05, 0) is 43.0 Å². The SMILES string of the molecule is CC(C)c1ccc(NC(=O)CN2CCCCC2CO)cc1. The molecule has 0 aliphatic carbocycles. The van der Waals surface area contributed by atoms with Crippen molar-refractivity contribution >= 4 is 11.6 Å². The van der Waals surface area contributed by atoms with Crippen molar-refractivity contribution < 1.29 is 9.90 Å². The van der Waals surface area contributed by atoms with Gasteiger partial charge >= 0.3 is 0 Å². The predicted molar refractivity (Wildman–Crippen MR) is 85.5 cm³/mol. The summed E-state index contributed by atoms with van der Waals surface area (Å²) in [7, 11) is 0. The third-order valence-electron chi connectivity index (χ3n) is 4.17. The fraction of sp³-hybridized carbons (Fsp3) is 0.588. The molecule has 2 N–H and O–H groups in total. The van der Waals surface area contributed by atoms with Gasteiger partial charge in [0.05, 0.1) is 13.2 Å². The Labute approximate surface area is 127 Å². The lowest BCUT2D eigenvalue weighted by Gasteiger charge is -2.33. The lowest BCUT2D eigenvalue weighted by atomic mass is 10.0.